The minimum Gasteiger partial charge on any atom is -0.391 e. The molecule has 1 aliphatic heterocycles. The molecule has 0 saturated carbocycles. The van der Waals surface area contributed by atoms with E-state index in [1.54, 1.807) is 15.5 Å². The maximum Gasteiger partial charge on any atom is 0.265 e. The van der Waals surface area contributed by atoms with Gasteiger partial charge in [0.05, 0.1) is 28.6 Å². The van der Waals surface area contributed by atoms with E-state index in [0.717, 1.165) is 40.9 Å². The van der Waals surface area contributed by atoms with Gasteiger partial charge in [-0.05, 0) is 55.5 Å². The fraction of sp³-hybridized carbons (Fsp3) is 0.300. The van der Waals surface area contributed by atoms with Crippen LogP contribution in [0.25, 0.3) is 27.5 Å². The third kappa shape index (κ3) is 4.82. The molecule has 1 unspecified atom stereocenters. The Morgan fingerprint density at radius 2 is 1.82 bits per heavy atom. The summed E-state index contributed by atoms with van der Waals surface area (Å²) < 4.78 is 1.70. The van der Waals surface area contributed by atoms with Crippen LogP contribution in [0.1, 0.15) is 47.4 Å². The van der Waals surface area contributed by atoms with Crippen molar-refractivity contribution >= 4 is 28.8 Å². The molecule has 1 fully saturated rings. The van der Waals surface area contributed by atoms with E-state index in [2.05, 4.69) is 13.8 Å². The van der Waals surface area contributed by atoms with E-state index < -0.39 is 6.10 Å². The van der Waals surface area contributed by atoms with Crippen molar-refractivity contribution in [2.75, 3.05) is 13.1 Å². The van der Waals surface area contributed by atoms with Crippen molar-refractivity contribution in [2.45, 2.75) is 46.1 Å². The number of thiazole rings is 1. The van der Waals surface area contributed by atoms with Gasteiger partial charge in [0.1, 0.15) is 5.01 Å². The first-order valence-electron chi connectivity index (χ1n) is 12.9. The zero-order valence-electron chi connectivity index (χ0n) is 21.7. The lowest BCUT2D eigenvalue weighted by atomic mass is 10.0. The minimum absolute atomic E-state index is 0.185. The predicted molar refractivity (Wildman–Crippen MR) is 154 cm³/mol. The van der Waals surface area contributed by atoms with E-state index in [9.17, 15) is 14.7 Å². The van der Waals surface area contributed by atoms with Crippen molar-refractivity contribution < 1.29 is 9.90 Å². The molecule has 38 heavy (non-hydrogen) atoms. The molecule has 6 nitrogen and oxygen atoms in total. The first-order valence-corrected chi connectivity index (χ1v) is 14.1. The largest absolute Gasteiger partial charge is 0.391 e. The number of amides is 1. The molecule has 2 aromatic carbocycles. The molecule has 0 radical (unpaired) electrons. The zero-order chi connectivity index (χ0) is 27.0. The van der Waals surface area contributed by atoms with E-state index in [0.29, 0.717) is 39.8 Å². The SMILES string of the molecule is CCc1cccc(CC)c1-n1c(C)c(C(=O)N2CCC(O)C2)cc(-c2nc(-c3ccc(Cl)cc3)cs2)c1=O. The number of hydrogen-bond donors (Lipinski definition) is 1. The molecule has 1 atom stereocenters. The number of aliphatic hydroxyl groups is 1. The molecule has 1 N–H and O–H groups in total. The lowest BCUT2D eigenvalue weighted by molar-refractivity contribution is 0.0763. The van der Waals surface area contributed by atoms with E-state index in [1.165, 1.54) is 11.3 Å². The molecule has 1 aliphatic rings. The number of nitrogens with zero attached hydrogens (tertiary/aromatic N) is 3. The summed E-state index contributed by atoms with van der Waals surface area (Å²) in [6, 6.07) is 15.2. The highest BCUT2D eigenvalue weighted by atomic mass is 35.5. The summed E-state index contributed by atoms with van der Waals surface area (Å²) >= 11 is 7.43. The third-order valence-corrected chi connectivity index (χ3v) is 8.32. The number of rotatable bonds is 6. The van der Waals surface area contributed by atoms with Crippen molar-refractivity contribution in [3.05, 3.63) is 91.7 Å². The normalized spacial score (nSPS) is 15.3. The van der Waals surface area contributed by atoms with Crippen LogP contribution in [-0.4, -0.2) is 44.7 Å². The van der Waals surface area contributed by atoms with Crippen LogP contribution in [0.3, 0.4) is 0 Å². The van der Waals surface area contributed by atoms with Crippen LogP contribution in [0.2, 0.25) is 5.02 Å². The predicted octanol–water partition coefficient (Wildman–Crippen LogP) is 5.92. The number of pyridine rings is 1. The van der Waals surface area contributed by atoms with Gasteiger partial charge in [-0.15, -0.1) is 11.3 Å². The monoisotopic (exact) mass is 547 g/mol. The highest BCUT2D eigenvalue weighted by Gasteiger charge is 2.29. The maximum atomic E-state index is 14.2. The van der Waals surface area contributed by atoms with E-state index >= 15 is 0 Å². The van der Waals surface area contributed by atoms with Crippen LogP contribution < -0.4 is 5.56 Å². The smallest absolute Gasteiger partial charge is 0.265 e. The van der Waals surface area contributed by atoms with E-state index in [1.807, 2.05) is 54.8 Å². The average Bonchev–Trinajstić information content (AvgIpc) is 3.58. The summed E-state index contributed by atoms with van der Waals surface area (Å²) in [5.41, 5.74) is 5.80. The first-order chi connectivity index (χ1) is 18.3. The number of aromatic nitrogens is 2. The fourth-order valence-electron chi connectivity index (χ4n) is 5.09. The van der Waals surface area contributed by atoms with Gasteiger partial charge in [-0.25, -0.2) is 4.98 Å². The van der Waals surface area contributed by atoms with E-state index in [-0.39, 0.29) is 18.0 Å². The number of para-hydroxylation sites is 1. The number of carbonyl (C=O) groups excluding carboxylic acids is 1. The standard InChI is InChI=1S/C30H30ClN3O3S/c1-4-19-7-6-8-20(5-2)27(19)34-18(3)24(29(36)33-14-13-23(35)16-33)15-25(30(34)37)28-32-26(17-38-28)21-9-11-22(31)12-10-21/h6-12,15,17,23,35H,4-5,13-14,16H2,1-3H3. The quantitative estimate of drug-likeness (QED) is 0.325. The Hall–Kier alpha value is -3.26. The Bertz CT molecular complexity index is 1540. The molecule has 4 aromatic rings. The molecule has 0 aliphatic carbocycles. The molecule has 0 bridgehead atoms. The number of β-amino-alcohol motifs (C(OH)–C–C–N with tert-alkyl or cyclic N) is 1. The van der Waals surface area contributed by atoms with Crippen molar-refractivity contribution in [1.29, 1.82) is 0 Å². The van der Waals surface area contributed by atoms with E-state index in [4.69, 9.17) is 16.6 Å². The second kappa shape index (κ2) is 10.8. The maximum absolute atomic E-state index is 14.2. The molecule has 1 amide bonds. The summed E-state index contributed by atoms with van der Waals surface area (Å²) in [6.07, 6.45) is 1.52. The van der Waals surface area contributed by atoms with Gasteiger partial charge in [0.2, 0.25) is 0 Å². The Balaban J connectivity index is 1.74. The van der Waals surface area contributed by atoms with Crippen molar-refractivity contribution in [3.63, 3.8) is 0 Å². The van der Waals surface area contributed by atoms with Gasteiger partial charge in [0, 0.05) is 34.7 Å². The van der Waals surface area contributed by atoms with Gasteiger partial charge in [-0.2, -0.15) is 0 Å². The van der Waals surface area contributed by atoms with Gasteiger partial charge in [0.15, 0.2) is 0 Å². The van der Waals surface area contributed by atoms with Crippen LogP contribution in [0.5, 0.6) is 0 Å². The number of likely N-dealkylation sites (tertiary alicyclic amines) is 1. The van der Waals surface area contributed by atoms with Gasteiger partial charge < -0.3 is 10.0 Å². The Labute approximate surface area is 231 Å². The summed E-state index contributed by atoms with van der Waals surface area (Å²) in [7, 11) is 0. The number of benzene rings is 2. The first kappa shape index (κ1) is 26.4. The van der Waals surface area contributed by atoms with Crippen LogP contribution >= 0.6 is 22.9 Å². The number of aliphatic hydroxyl groups excluding tert-OH is 1. The van der Waals surface area contributed by atoms with Crippen LogP contribution in [-0.2, 0) is 12.8 Å². The molecular weight excluding hydrogens is 518 g/mol. The third-order valence-electron chi connectivity index (χ3n) is 7.19. The van der Waals surface area contributed by atoms with Crippen LogP contribution in [0, 0.1) is 6.92 Å². The van der Waals surface area contributed by atoms with Crippen molar-refractivity contribution in [2.24, 2.45) is 0 Å². The second-order valence-corrected chi connectivity index (χ2v) is 10.9. The van der Waals surface area contributed by atoms with Gasteiger partial charge in [0.25, 0.3) is 11.5 Å². The minimum atomic E-state index is -0.530. The number of hydrogen-bond acceptors (Lipinski definition) is 5. The number of aryl methyl sites for hydroxylation is 2. The number of carbonyl (C=O) groups is 1. The molecule has 5 rings (SSSR count). The summed E-state index contributed by atoms with van der Waals surface area (Å²) in [5.74, 6) is -0.185. The lowest BCUT2D eigenvalue weighted by Crippen LogP contribution is -2.33. The number of halogens is 1. The Morgan fingerprint density at radius 3 is 2.42 bits per heavy atom. The summed E-state index contributed by atoms with van der Waals surface area (Å²) in [5, 5.41) is 13.2. The second-order valence-electron chi connectivity index (χ2n) is 9.57. The molecule has 3 heterocycles. The van der Waals surface area contributed by atoms with Crippen molar-refractivity contribution in [1.82, 2.24) is 14.5 Å². The summed E-state index contributed by atoms with van der Waals surface area (Å²) in [6.45, 7) is 6.74. The molecular formula is C30H30ClN3O3S. The summed E-state index contributed by atoms with van der Waals surface area (Å²) in [4.78, 5) is 34.4. The van der Waals surface area contributed by atoms with Gasteiger partial charge >= 0.3 is 0 Å². The fourth-order valence-corrected chi connectivity index (χ4v) is 6.05. The molecule has 2 aromatic heterocycles. The molecule has 1 saturated heterocycles. The van der Waals surface area contributed by atoms with Crippen molar-refractivity contribution in [3.8, 4) is 27.5 Å². The van der Waals surface area contributed by atoms with Gasteiger partial charge in [-0.1, -0.05) is 55.8 Å². The molecule has 196 valence electrons. The zero-order valence-corrected chi connectivity index (χ0v) is 23.3. The van der Waals surface area contributed by atoms with Gasteiger partial charge in [-0.3, -0.25) is 14.2 Å². The highest BCUT2D eigenvalue weighted by molar-refractivity contribution is 7.13. The topological polar surface area (TPSA) is 75.4 Å². The Kier molecular flexibility index (Phi) is 7.52. The highest BCUT2D eigenvalue weighted by Crippen LogP contribution is 2.31. The molecule has 8 heteroatoms. The molecule has 0 spiro atoms. The average molecular weight is 548 g/mol. The lowest BCUT2D eigenvalue weighted by Gasteiger charge is -2.23. The Morgan fingerprint density at radius 1 is 1.13 bits per heavy atom. The van der Waals surface area contributed by atoms with Crippen LogP contribution in [0.15, 0.2) is 58.7 Å². The van der Waals surface area contributed by atoms with Crippen LogP contribution in [0.4, 0.5) is 0 Å².